The average molecular weight is 462 g/mol. The molecule has 1 saturated heterocycles. The van der Waals surface area contributed by atoms with Crippen molar-refractivity contribution in [1.29, 1.82) is 0 Å². The van der Waals surface area contributed by atoms with E-state index in [0.717, 1.165) is 33.5 Å². The third kappa shape index (κ3) is 3.38. The second-order valence-corrected chi connectivity index (χ2v) is 9.11. The van der Waals surface area contributed by atoms with Crippen molar-refractivity contribution in [2.45, 2.75) is 31.7 Å². The second kappa shape index (κ2) is 8.80. The summed E-state index contributed by atoms with van der Waals surface area (Å²) in [5.74, 6) is 0.579. The first-order valence-electron chi connectivity index (χ1n) is 11.9. The van der Waals surface area contributed by atoms with E-state index >= 15 is 0 Å². The molecule has 5 rings (SSSR count). The number of hydrogen-bond acceptors (Lipinski definition) is 4. The van der Waals surface area contributed by atoms with Gasteiger partial charge in [-0.1, -0.05) is 36.4 Å². The van der Waals surface area contributed by atoms with Crippen LogP contribution in [-0.2, 0) is 19.9 Å². The van der Waals surface area contributed by atoms with Gasteiger partial charge in [-0.2, -0.15) is 0 Å². The van der Waals surface area contributed by atoms with Gasteiger partial charge in [0.15, 0.2) is 5.54 Å². The van der Waals surface area contributed by atoms with Crippen LogP contribution in [-0.4, -0.2) is 66.6 Å². The molecule has 2 atom stereocenters. The molecule has 0 saturated carbocycles. The highest BCUT2D eigenvalue weighted by Crippen LogP contribution is 2.49. The smallest absolute Gasteiger partial charge is 0.254 e. The summed E-state index contributed by atoms with van der Waals surface area (Å²) in [5, 5.41) is 1.07. The highest BCUT2D eigenvalue weighted by atomic mass is 16.5. The van der Waals surface area contributed by atoms with Gasteiger partial charge in [0.05, 0.1) is 19.3 Å². The van der Waals surface area contributed by atoms with Gasteiger partial charge >= 0.3 is 0 Å². The number of carbonyl (C=O) groups is 2. The predicted molar refractivity (Wildman–Crippen MR) is 130 cm³/mol. The highest BCUT2D eigenvalue weighted by molar-refractivity contribution is 6.01. The molecule has 7 nitrogen and oxygen atoms in total. The van der Waals surface area contributed by atoms with Gasteiger partial charge in [0.2, 0.25) is 5.91 Å². The molecule has 0 bridgehead atoms. The van der Waals surface area contributed by atoms with E-state index in [-0.39, 0.29) is 24.3 Å². The minimum absolute atomic E-state index is 0.0392. The SMILES string of the molecule is CCOCCCN1CC(=O)N2CC(c3ccccc3OC)c3c([nH]c4ccccc34)[C@@]2(C)C1=O. The summed E-state index contributed by atoms with van der Waals surface area (Å²) in [6.45, 7) is 6.06. The van der Waals surface area contributed by atoms with Crippen molar-refractivity contribution in [2.24, 2.45) is 0 Å². The Bertz CT molecular complexity index is 1240. The van der Waals surface area contributed by atoms with E-state index in [4.69, 9.17) is 9.47 Å². The molecule has 1 fully saturated rings. The van der Waals surface area contributed by atoms with Crippen molar-refractivity contribution in [3.8, 4) is 5.75 Å². The molecule has 2 aliphatic heterocycles. The summed E-state index contributed by atoms with van der Waals surface area (Å²) >= 11 is 0. The fourth-order valence-electron chi connectivity index (χ4n) is 5.59. The van der Waals surface area contributed by atoms with E-state index < -0.39 is 5.54 Å². The van der Waals surface area contributed by atoms with Gasteiger partial charge in [0.25, 0.3) is 5.91 Å². The Hall–Kier alpha value is -3.32. The Balaban J connectivity index is 1.64. The summed E-state index contributed by atoms with van der Waals surface area (Å²) in [4.78, 5) is 34.4. The number of fused-ring (bicyclic) bond motifs is 5. The fourth-order valence-corrected chi connectivity index (χ4v) is 5.59. The van der Waals surface area contributed by atoms with Crippen molar-refractivity contribution in [1.82, 2.24) is 14.8 Å². The number of piperazine rings is 1. The lowest BCUT2D eigenvalue weighted by Crippen LogP contribution is -2.67. The third-order valence-corrected chi connectivity index (χ3v) is 7.25. The van der Waals surface area contributed by atoms with Crippen LogP contribution in [0.4, 0.5) is 0 Å². The molecule has 1 aromatic heterocycles. The van der Waals surface area contributed by atoms with E-state index in [1.807, 2.05) is 56.3 Å². The Labute approximate surface area is 199 Å². The second-order valence-electron chi connectivity index (χ2n) is 9.11. The van der Waals surface area contributed by atoms with E-state index in [2.05, 4.69) is 11.1 Å². The number of rotatable bonds is 7. The summed E-state index contributed by atoms with van der Waals surface area (Å²) in [6, 6.07) is 16.0. The lowest BCUT2D eigenvalue weighted by atomic mass is 9.76. The van der Waals surface area contributed by atoms with E-state index in [9.17, 15) is 9.59 Å². The van der Waals surface area contributed by atoms with Crippen molar-refractivity contribution >= 4 is 22.7 Å². The van der Waals surface area contributed by atoms with Crippen LogP contribution in [0.15, 0.2) is 48.5 Å². The molecule has 0 aliphatic carbocycles. The van der Waals surface area contributed by atoms with Crippen molar-refractivity contribution in [2.75, 3.05) is 40.0 Å². The number of benzene rings is 2. The van der Waals surface area contributed by atoms with E-state index in [1.165, 1.54) is 0 Å². The Morgan fingerprint density at radius 2 is 1.88 bits per heavy atom. The number of nitrogens with one attached hydrogen (secondary N) is 1. The molecule has 0 radical (unpaired) electrons. The minimum atomic E-state index is -1.09. The number of ether oxygens (including phenoxy) is 2. The molecule has 3 heterocycles. The van der Waals surface area contributed by atoms with Gasteiger partial charge in [0.1, 0.15) is 5.75 Å². The maximum atomic E-state index is 13.9. The molecule has 34 heavy (non-hydrogen) atoms. The first kappa shape index (κ1) is 22.5. The van der Waals surface area contributed by atoms with Crippen LogP contribution in [0.1, 0.15) is 43.0 Å². The molecule has 178 valence electrons. The van der Waals surface area contributed by atoms with Gasteiger partial charge in [0, 0.05) is 48.7 Å². The van der Waals surface area contributed by atoms with Crippen LogP contribution in [0.2, 0.25) is 0 Å². The standard InChI is InChI=1S/C27H31N3O4/c1-4-34-15-9-14-29-17-23(31)30-16-20(18-10-6-8-13-22(18)33-3)24-19-11-5-7-12-21(19)28-25(24)27(30,2)26(29)32/h5-8,10-13,20,28H,4,9,14-17H2,1-3H3/t20?,27-/m0/s1. The molecule has 2 aromatic carbocycles. The highest BCUT2D eigenvalue weighted by Gasteiger charge is 2.56. The maximum Gasteiger partial charge on any atom is 0.254 e. The number of aromatic amines is 1. The maximum absolute atomic E-state index is 13.9. The quantitative estimate of drug-likeness (QED) is 0.545. The zero-order valence-electron chi connectivity index (χ0n) is 20.0. The van der Waals surface area contributed by atoms with Crippen LogP contribution in [0.25, 0.3) is 10.9 Å². The molecule has 1 N–H and O–H groups in total. The van der Waals surface area contributed by atoms with Gasteiger partial charge < -0.3 is 24.3 Å². The van der Waals surface area contributed by atoms with Gasteiger partial charge in [-0.3, -0.25) is 9.59 Å². The molecular formula is C27H31N3O4. The van der Waals surface area contributed by atoms with Gasteiger partial charge in [-0.05, 0) is 38.0 Å². The minimum Gasteiger partial charge on any atom is -0.496 e. The first-order valence-corrected chi connectivity index (χ1v) is 11.9. The largest absolute Gasteiger partial charge is 0.496 e. The number of H-pyrrole nitrogens is 1. The van der Waals surface area contributed by atoms with Crippen LogP contribution < -0.4 is 4.74 Å². The van der Waals surface area contributed by atoms with Crippen molar-refractivity contribution < 1.29 is 19.1 Å². The number of hydrogen-bond donors (Lipinski definition) is 1. The van der Waals surface area contributed by atoms with Gasteiger partial charge in [-0.15, -0.1) is 0 Å². The number of carbonyl (C=O) groups excluding carboxylic acids is 2. The molecule has 3 aromatic rings. The molecule has 1 unspecified atom stereocenters. The van der Waals surface area contributed by atoms with E-state index in [1.54, 1.807) is 16.9 Å². The van der Waals surface area contributed by atoms with Crippen LogP contribution in [0.3, 0.4) is 0 Å². The summed E-state index contributed by atoms with van der Waals surface area (Å²) in [6.07, 6.45) is 0.701. The molecule has 0 spiro atoms. The van der Waals surface area contributed by atoms with E-state index in [0.29, 0.717) is 32.7 Å². The van der Waals surface area contributed by atoms with Gasteiger partial charge in [-0.25, -0.2) is 0 Å². The Morgan fingerprint density at radius 1 is 1.12 bits per heavy atom. The predicted octanol–water partition coefficient (Wildman–Crippen LogP) is 3.63. The summed E-state index contributed by atoms with van der Waals surface area (Å²) < 4.78 is 11.1. The summed E-state index contributed by atoms with van der Waals surface area (Å²) in [5.41, 5.74) is 2.75. The number of nitrogens with zero attached hydrogens (tertiary/aromatic N) is 2. The monoisotopic (exact) mass is 461 g/mol. The summed E-state index contributed by atoms with van der Waals surface area (Å²) in [7, 11) is 1.66. The first-order chi connectivity index (χ1) is 16.5. The zero-order chi connectivity index (χ0) is 23.9. The number of para-hydroxylation sites is 2. The molecule has 2 amide bonds. The lowest BCUT2D eigenvalue weighted by Gasteiger charge is -2.51. The van der Waals surface area contributed by atoms with Crippen molar-refractivity contribution in [3.63, 3.8) is 0 Å². The number of methoxy groups -OCH3 is 1. The Morgan fingerprint density at radius 3 is 2.68 bits per heavy atom. The average Bonchev–Trinajstić information content (AvgIpc) is 3.26. The third-order valence-electron chi connectivity index (χ3n) is 7.25. The number of aromatic nitrogens is 1. The Kier molecular flexibility index (Phi) is 5.81. The van der Waals surface area contributed by atoms with Crippen LogP contribution in [0, 0.1) is 0 Å². The fraction of sp³-hybridized carbons (Fsp3) is 0.407. The lowest BCUT2D eigenvalue weighted by molar-refractivity contribution is -0.166. The van der Waals surface area contributed by atoms with Crippen LogP contribution >= 0.6 is 0 Å². The topological polar surface area (TPSA) is 74.9 Å². The zero-order valence-corrected chi connectivity index (χ0v) is 20.0. The normalized spacial score (nSPS) is 22.1. The molecule has 2 aliphatic rings. The number of amides is 2. The van der Waals surface area contributed by atoms with Crippen LogP contribution in [0.5, 0.6) is 5.75 Å². The molecule has 7 heteroatoms. The molecular weight excluding hydrogens is 430 g/mol. The van der Waals surface area contributed by atoms with Crippen molar-refractivity contribution in [3.05, 3.63) is 65.4 Å².